The molecule has 0 aliphatic rings. The lowest BCUT2D eigenvalue weighted by Gasteiger charge is -2.11. The van der Waals surface area contributed by atoms with Gasteiger partial charge in [0.25, 0.3) is 0 Å². The lowest BCUT2D eigenvalue weighted by Crippen LogP contribution is -2.07. The molecule has 14 heavy (non-hydrogen) atoms. The van der Waals surface area contributed by atoms with Gasteiger partial charge in [-0.15, -0.1) is 0 Å². The van der Waals surface area contributed by atoms with E-state index in [0.29, 0.717) is 0 Å². The van der Waals surface area contributed by atoms with Crippen molar-refractivity contribution in [1.82, 2.24) is 0 Å². The van der Waals surface area contributed by atoms with Crippen molar-refractivity contribution in [3.8, 4) is 11.1 Å². The van der Waals surface area contributed by atoms with E-state index < -0.39 is 0 Å². The fourth-order valence-corrected chi connectivity index (χ4v) is 1.53. The number of nitrogens with zero attached hydrogens (tertiary/aromatic N) is 1. The van der Waals surface area contributed by atoms with Crippen LogP contribution in [0.5, 0.6) is 0 Å². The summed E-state index contributed by atoms with van der Waals surface area (Å²) in [6.07, 6.45) is 0. The highest BCUT2D eigenvalue weighted by atomic mass is 16.1. The number of anilines is 1. The van der Waals surface area contributed by atoms with Gasteiger partial charge >= 0.3 is 0 Å². The Hall–Kier alpha value is -1.57. The topological polar surface area (TPSA) is 20.3 Å². The van der Waals surface area contributed by atoms with Crippen molar-refractivity contribution in [2.24, 2.45) is 0 Å². The zero-order chi connectivity index (χ0) is 10.3. The molecule has 0 fully saturated rings. The number of hydrogen-bond acceptors (Lipinski definition) is 2. The van der Waals surface area contributed by atoms with Gasteiger partial charge in [0, 0.05) is 30.9 Å². The van der Waals surface area contributed by atoms with Crippen LogP contribution in [0, 0.1) is 6.92 Å². The molecule has 0 N–H and O–H groups in total. The number of rotatable bonds is 2. The number of benzene rings is 1. The second kappa shape index (κ2) is 2.98. The van der Waals surface area contributed by atoms with E-state index in [2.05, 4.69) is 0 Å². The van der Waals surface area contributed by atoms with E-state index in [4.69, 9.17) is 0 Å². The van der Waals surface area contributed by atoms with E-state index in [1.54, 1.807) is 0 Å². The summed E-state index contributed by atoms with van der Waals surface area (Å²) in [5, 5.41) is 0. The van der Waals surface area contributed by atoms with E-state index in [0.717, 1.165) is 22.4 Å². The van der Waals surface area contributed by atoms with Gasteiger partial charge in [-0.2, -0.15) is 0 Å². The van der Waals surface area contributed by atoms with E-state index in [1.165, 1.54) is 0 Å². The second-order valence-electron chi connectivity index (χ2n) is 3.77. The fraction of sp³-hybridized carbons (Fsp3) is 0.250. The van der Waals surface area contributed by atoms with Gasteiger partial charge in [0.05, 0.1) is 0 Å². The van der Waals surface area contributed by atoms with Crippen LogP contribution in [0.25, 0.3) is 11.1 Å². The van der Waals surface area contributed by atoms with Crippen LogP contribution in [0.15, 0.2) is 29.1 Å². The van der Waals surface area contributed by atoms with Gasteiger partial charge in [-0.3, -0.25) is 4.79 Å². The number of hydrogen-bond donors (Lipinski definition) is 0. The maximum absolute atomic E-state index is 11.2. The monoisotopic (exact) mass is 187 g/mol. The molecule has 2 rings (SSSR count). The highest BCUT2D eigenvalue weighted by Gasteiger charge is 2.18. The van der Waals surface area contributed by atoms with Gasteiger partial charge in [-0.05, 0) is 24.6 Å². The van der Waals surface area contributed by atoms with Crippen molar-refractivity contribution in [3.05, 3.63) is 40.1 Å². The van der Waals surface area contributed by atoms with Crippen molar-refractivity contribution in [1.29, 1.82) is 0 Å². The maximum atomic E-state index is 11.2. The molecule has 0 aromatic heterocycles. The van der Waals surface area contributed by atoms with Crippen LogP contribution in [-0.4, -0.2) is 14.1 Å². The highest BCUT2D eigenvalue weighted by Crippen LogP contribution is 2.25. The van der Waals surface area contributed by atoms with Gasteiger partial charge < -0.3 is 4.90 Å². The molecule has 72 valence electrons. The van der Waals surface area contributed by atoms with Crippen LogP contribution in [-0.2, 0) is 0 Å². The Morgan fingerprint density at radius 3 is 1.93 bits per heavy atom. The zero-order valence-electron chi connectivity index (χ0n) is 8.66. The van der Waals surface area contributed by atoms with Crippen molar-refractivity contribution in [2.45, 2.75) is 6.92 Å². The van der Waals surface area contributed by atoms with Crippen molar-refractivity contribution < 1.29 is 0 Å². The van der Waals surface area contributed by atoms with E-state index in [9.17, 15) is 4.79 Å². The Kier molecular flexibility index (Phi) is 1.92. The van der Waals surface area contributed by atoms with Crippen LogP contribution in [0.2, 0.25) is 0 Å². The summed E-state index contributed by atoms with van der Waals surface area (Å²) < 4.78 is 0. The summed E-state index contributed by atoms with van der Waals surface area (Å²) in [6.45, 7) is 1.87. The third-order valence-electron chi connectivity index (χ3n) is 2.55. The van der Waals surface area contributed by atoms with E-state index in [-0.39, 0.29) is 5.43 Å². The highest BCUT2D eigenvalue weighted by molar-refractivity contribution is 5.76. The van der Waals surface area contributed by atoms with E-state index in [1.807, 2.05) is 50.2 Å². The molecule has 2 aromatic rings. The van der Waals surface area contributed by atoms with Crippen molar-refractivity contribution in [2.75, 3.05) is 19.0 Å². The van der Waals surface area contributed by atoms with Crippen molar-refractivity contribution >= 4 is 5.69 Å². The van der Waals surface area contributed by atoms with Gasteiger partial charge in [-0.1, -0.05) is 12.1 Å². The Morgan fingerprint density at radius 1 is 1.07 bits per heavy atom. The molecule has 0 radical (unpaired) electrons. The van der Waals surface area contributed by atoms with Gasteiger partial charge in [0.2, 0.25) is 0 Å². The molecule has 0 aliphatic heterocycles. The molecule has 0 bridgehead atoms. The first-order valence-corrected chi connectivity index (χ1v) is 4.64. The predicted octanol–water partition coefficient (Wildman–Crippen LogP) is 1.96. The molecule has 2 nitrogen and oxygen atoms in total. The fourth-order valence-electron chi connectivity index (χ4n) is 1.53. The van der Waals surface area contributed by atoms with Gasteiger partial charge in [-0.25, -0.2) is 0 Å². The molecule has 2 heteroatoms. The first-order chi connectivity index (χ1) is 6.61. The summed E-state index contributed by atoms with van der Waals surface area (Å²) >= 11 is 0. The summed E-state index contributed by atoms with van der Waals surface area (Å²) in [5.41, 5.74) is 4.21. The van der Waals surface area contributed by atoms with Crippen LogP contribution in [0.4, 0.5) is 5.69 Å². The summed E-state index contributed by atoms with van der Waals surface area (Å²) in [6, 6.07) is 8.06. The summed E-state index contributed by atoms with van der Waals surface area (Å²) in [5.74, 6) is 0. The lowest BCUT2D eigenvalue weighted by atomic mass is 10.1. The molecule has 0 atom stereocenters. The molecule has 0 saturated carbocycles. The van der Waals surface area contributed by atoms with Crippen LogP contribution < -0.4 is 10.3 Å². The Labute approximate surface area is 83.5 Å². The third kappa shape index (κ3) is 1.33. The molecular weight excluding hydrogens is 174 g/mol. The molecule has 0 amide bonds. The Bertz CT molecular complexity index is 459. The van der Waals surface area contributed by atoms with Gasteiger partial charge in [0.15, 0.2) is 5.43 Å². The average molecular weight is 187 g/mol. The smallest absolute Gasteiger partial charge is 0.190 e. The largest absolute Gasteiger partial charge is 0.378 e. The molecule has 0 spiro atoms. The van der Waals surface area contributed by atoms with Gasteiger partial charge in [0.1, 0.15) is 0 Å². The Morgan fingerprint density at radius 2 is 1.57 bits per heavy atom. The van der Waals surface area contributed by atoms with Crippen LogP contribution in [0.1, 0.15) is 5.56 Å². The standard InChI is InChI=1S/C12H13NO/c1-8-11(12(8)14)9-4-6-10(7-5-9)13(2)3/h4-7H,1-3H3. The molecular formula is C12H13NO. The molecule has 2 aromatic carbocycles. The second-order valence-corrected chi connectivity index (χ2v) is 3.77. The minimum Gasteiger partial charge on any atom is -0.378 e. The van der Waals surface area contributed by atoms with Crippen LogP contribution in [0.3, 0.4) is 0 Å². The third-order valence-corrected chi connectivity index (χ3v) is 2.55. The molecule has 0 heterocycles. The normalized spacial score (nSPS) is 10.8. The first kappa shape index (κ1) is 9.00. The summed E-state index contributed by atoms with van der Waals surface area (Å²) in [4.78, 5) is 13.2. The minimum absolute atomic E-state index is 0.211. The molecule has 0 saturated heterocycles. The Balaban J connectivity index is 2.32. The minimum atomic E-state index is 0.211. The average Bonchev–Trinajstić information content (AvgIpc) is 2.75. The molecule has 0 unspecified atom stereocenters. The molecule has 0 aliphatic carbocycles. The quantitative estimate of drug-likeness (QED) is 0.716. The summed E-state index contributed by atoms with van der Waals surface area (Å²) in [7, 11) is 4.00. The van der Waals surface area contributed by atoms with Crippen LogP contribution >= 0.6 is 0 Å². The SMILES string of the molecule is Cc1c(-c2ccc(N(C)C)cc2)c1=O. The van der Waals surface area contributed by atoms with Crippen molar-refractivity contribution in [3.63, 3.8) is 0 Å². The van der Waals surface area contributed by atoms with E-state index >= 15 is 0 Å². The zero-order valence-corrected chi connectivity index (χ0v) is 8.66. The first-order valence-electron chi connectivity index (χ1n) is 4.64. The predicted molar refractivity (Wildman–Crippen MR) is 59.6 cm³/mol. The lowest BCUT2D eigenvalue weighted by molar-refractivity contribution is 1.13. The maximum Gasteiger partial charge on any atom is 0.190 e.